The van der Waals surface area contributed by atoms with Crippen LogP contribution in [0.2, 0.25) is 0 Å². The average molecular weight is 282 g/mol. The fourth-order valence-electron chi connectivity index (χ4n) is 1.93. The molecule has 21 heavy (non-hydrogen) atoms. The highest BCUT2D eigenvalue weighted by Crippen LogP contribution is 2.10. The average Bonchev–Trinajstić information content (AvgIpc) is 2.53. The quantitative estimate of drug-likeness (QED) is 0.936. The van der Waals surface area contributed by atoms with E-state index < -0.39 is 5.82 Å². The number of nitrogens with one attached hydrogen (secondary N) is 1. The van der Waals surface area contributed by atoms with Crippen LogP contribution in [0.15, 0.2) is 42.5 Å². The molecular formula is C17H15FN2O. The lowest BCUT2D eigenvalue weighted by Crippen LogP contribution is -2.23. The van der Waals surface area contributed by atoms with Crippen LogP contribution in [0.4, 0.5) is 4.39 Å². The molecule has 2 aromatic carbocycles. The van der Waals surface area contributed by atoms with Crippen LogP contribution in [0.25, 0.3) is 0 Å². The van der Waals surface area contributed by atoms with Crippen LogP contribution in [0.5, 0.6) is 0 Å². The van der Waals surface area contributed by atoms with Crippen LogP contribution < -0.4 is 5.32 Å². The normalized spacial score (nSPS) is 9.95. The largest absolute Gasteiger partial charge is 0.348 e. The van der Waals surface area contributed by atoms with Gasteiger partial charge in [-0.15, -0.1) is 0 Å². The molecule has 0 radical (unpaired) electrons. The number of benzene rings is 2. The number of carbonyl (C=O) groups excluding carboxylic acids is 1. The van der Waals surface area contributed by atoms with E-state index in [1.54, 1.807) is 12.1 Å². The first-order valence-corrected chi connectivity index (χ1v) is 6.69. The molecular weight excluding hydrogens is 267 g/mol. The van der Waals surface area contributed by atoms with Crippen LogP contribution in [-0.4, -0.2) is 5.91 Å². The molecule has 2 rings (SSSR count). The molecule has 0 atom stereocenters. The van der Waals surface area contributed by atoms with Crippen molar-refractivity contribution in [3.05, 3.63) is 70.5 Å². The van der Waals surface area contributed by atoms with E-state index in [0.717, 1.165) is 18.1 Å². The maximum atomic E-state index is 13.7. The van der Waals surface area contributed by atoms with Gasteiger partial charge in [0.15, 0.2) is 0 Å². The molecule has 1 amide bonds. The Balaban J connectivity index is 2.02. The Labute approximate surface area is 123 Å². The number of hydrogen-bond acceptors (Lipinski definition) is 2. The predicted octanol–water partition coefficient (Wildman–Crippen LogP) is 3.19. The zero-order valence-electron chi connectivity index (χ0n) is 11.7. The van der Waals surface area contributed by atoms with E-state index in [0.29, 0.717) is 11.1 Å². The van der Waals surface area contributed by atoms with Crippen molar-refractivity contribution >= 4 is 5.91 Å². The zero-order chi connectivity index (χ0) is 15.2. The maximum Gasteiger partial charge on any atom is 0.251 e. The van der Waals surface area contributed by atoms with E-state index in [-0.39, 0.29) is 18.0 Å². The summed E-state index contributed by atoms with van der Waals surface area (Å²) in [5, 5.41) is 11.3. The molecule has 3 nitrogen and oxygen atoms in total. The van der Waals surface area contributed by atoms with Crippen molar-refractivity contribution in [2.45, 2.75) is 19.9 Å². The second kappa shape index (κ2) is 6.67. The summed E-state index contributed by atoms with van der Waals surface area (Å²) in [5.74, 6) is -0.739. The number of amides is 1. The first-order chi connectivity index (χ1) is 10.1. The summed E-state index contributed by atoms with van der Waals surface area (Å²) in [5.41, 5.74) is 2.32. The molecule has 0 saturated carbocycles. The lowest BCUT2D eigenvalue weighted by atomic mass is 10.1. The molecule has 1 N–H and O–H groups in total. The van der Waals surface area contributed by atoms with Crippen molar-refractivity contribution in [3.8, 4) is 6.07 Å². The van der Waals surface area contributed by atoms with Gasteiger partial charge in [0.2, 0.25) is 0 Å². The lowest BCUT2D eigenvalue weighted by molar-refractivity contribution is 0.0950. The monoisotopic (exact) mass is 282 g/mol. The highest BCUT2D eigenvalue weighted by Gasteiger charge is 2.08. The fraction of sp³-hybridized carbons (Fsp3) is 0.176. The molecule has 0 unspecified atom stereocenters. The fourth-order valence-corrected chi connectivity index (χ4v) is 1.93. The van der Waals surface area contributed by atoms with E-state index in [1.807, 2.05) is 25.1 Å². The first-order valence-electron chi connectivity index (χ1n) is 6.69. The summed E-state index contributed by atoms with van der Waals surface area (Å²) < 4.78 is 13.7. The highest BCUT2D eigenvalue weighted by atomic mass is 19.1. The number of carbonyl (C=O) groups is 1. The van der Waals surface area contributed by atoms with Crippen molar-refractivity contribution in [3.63, 3.8) is 0 Å². The second-order valence-corrected chi connectivity index (χ2v) is 4.65. The minimum Gasteiger partial charge on any atom is -0.348 e. The molecule has 0 heterocycles. The smallest absolute Gasteiger partial charge is 0.251 e. The summed E-state index contributed by atoms with van der Waals surface area (Å²) in [6, 6.07) is 13.4. The van der Waals surface area contributed by atoms with Gasteiger partial charge in [-0.05, 0) is 36.2 Å². The lowest BCUT2D eigenvalue weighted by Gasteiger charge is -2.07. The van der Waals surface area contributed by atoms with E-state index >= 15 is 0 Å². The number of halogens is 1. The van der Waals surface area contributed by atoms with E-state index in [4.69, 9.17) is 5.26 Å². The maximum absolute atomic E-state index is 13.7. The third kappa shape index (κ3) is 3.67. The van der Waals surface area contributed by atoms with E-state index in [9.17, 15) is 9.18 Å². The SMILES string of the molecule is CCc1ccc(C(=O)NCc2ccc(C#N)cc2F)cc1. The predicted molar refractivity (Wildman–Crippen MR) is 78.1 cm³/mol. The third-order valence-electron chi connectivity index (χ3n) is 3.25. The summed E-state index contributed by atoms with van der Waals surface area (Å²) in [7, 11) is 0. The van der Waals surface area contributed by atoms with Crippen LogP contribution in [0.1, 0.15) is 34.0 Å². The summed E-state index contributed by atoms with van der Waals surface area (Å²) in [6.45, 7) is 2.13. The number of nitriles is 1. The van der Waals surface area contributed by atoms with Crippen LogP contribution in [-0.2, 0) is 13.0 Å². The summed E-state index contributed by atoms with van der Waals surface area (Å²) >= 11 is 0. The van der Waals surface area contributed by atoms with Crippen molar-refractivity contribution in [2.75, 3.05) is 0 Å². The van der Waals surface area contributed by atoms with Gasteiger partial charge in [-0.3, -0.25) is 4.79 Å². The standard InChI is InChI=1S/C17H15FN2O/c1-2-12-3-6-14(7-4-12)17(21)20-11-15-8-5-13(10-19)9-16(15)18/h3-9H,2,11H2,1H3,(H,20,21). The van der Waals surface area contributed by atoms with Gasteiger partial charge < -0.3 is 5.32 Å². The van der Waals surface area contributed by atoms with Crippen molar-refractivity contribution in [1.29, 1.82) is 5.26 Å². The second-order valence-electron chi connectivity index (χ2n) is 4.65. The number of rotatable bonds is 4. The van der Waals surface area contributed by atoms with Crippen LogP contribution in [0.3, 0.4) is 0 Å². The van der Waals surface area contributed by atoms with Crippen molar-refractivity contribution < 1.29 is 9.18 Å². The van der Waals surface area contributed by atoms with Gasteiger partial charge in [0.1, 0.15) is 5.82 Å². The molecule has 0 bridgehead atoms. The first kappa shape index (κ1) is 14.7. The minimum atomic E-state index is -0.490. The van der Waals surface area contributed by atoms with E-state index in [2.05, 4.69) is 5.32 Å². The Hall–Kier alpha value is -2.67. The van der Waals surface area contributed by atoms with Gasteiger partial charge >= 0.3 is 0 Å². The van der Waals surface area contributed by atoms with Crippen LogP contribution >= 0.6 is 0 Å². The van der Waals surface area contributed by atoms with Gasteiger partial charge in [-0.1, -0.05) is 25.1 Å². The molecule has 106 valence electrons. The Kier molecular flexibility index (Phi) is 4.68. The molecule has 0 aliphatic heterocycles. The van der Waals surface area contributed by atoms with Gasteiger partial charge in [0.05, 0.1) is 11.6 Å². The Bertz CT molecular complexity index is 687. The summed E-state index contributed by atoms with van der Waals surface area (Å²) in [4.78, 5) is 12.0. The van der Waals surface area contributed by atoms with E-state index in [1.165, 1.54) is 12.1 Å². The van der Waals surface area contributed by atoms with Gasteiger partial charge in [-0.25, -0.2) is 4.39 Å². The topological polar surface area (TPSA) is 52.9 Å². The molecule has 0 aliphatic rings. The molecule has 0 aliphatic carbocycles. The number of aryl methyl sites for hydroxylation is 1. The highest BCUT2D eigenvalue weighted by molar-refractivity contribution is 5.94. The molecule has 0 saturated heterocycles. The Morgan fingerprint density at radius 3 is 2.52 bits per heavy atom. The van der Waals surface area contributed by atoms with Crippen molar-refractivity contribution in [1.82, 2.24) is 5.32 Å². The van der Waals surface area contributed by atoms with Gasteiger partial charge in [0.25, 0.3) is 5.91 Å². The minimum absolute atomic E-state index is 0.0892. The molecule has 2 aromatic rings. The van der Waals surface area contributed by atoms with Crippen molar-refractivity contribution in [2.24, 2.45) is 0 Å². The summed E-state index contributed by atoms with van der Waals surface area (Å²) in [6.07, 6.45) is 0.915. The molecule has 4 heteroatoms. The molecule has 0 fully saturated rings. The molecule has 0 aromatic heterocycles. The third-order valence-corrected chi connectivity index (χ3v) is 3.25. The van der Waals surface area contributed by atoms with Crippen LogP contribution in [0, 0.1) is 17.1 Å². The zero-order valence-corrected chi connectivity index (χ0v) is 11.7. The Morgan fingerprint density at radius 1 is 1.24 bits per heavy atom. The number of nitrogens with zero attached hydrogens (tertiary/aromatic N) is 1. The Morgan fingerprint density at radius 2 is 1.95 bits per heavy atom. The van der Waals surface area contributed by atoms with Gasteiger partial charge in [-0.2, -0.15) is 5.26 Å². The number of hydrogen-bond donors (Lipinski definition) is 1. The molecule has 0 spiro atoms. The van der Waals surface area contributed by atoms with Gasteiger partial charge in [0, 0.05) is 17.7 Å².